The Morgan fingerprint density at radius 3 is 2.74 bits per heavy atom. The van der Waals surface area contributed by atoms with Crippen LogP contribution in [-0.2, 0) is 5.72 Å². The van der Waals surface area contributed by atoms with Crippen LogP contribution < -0.4 is 0 Å². The number of pyridine rings is 1. The Morgan fingerprint density at radius 1 is 1.30 bits per heavy atom. The SMILES string of the molecule is CCC1=NN(C(=O)c2ccccc2O)[C@@](O)(c2cccnc2)C1. The number of carbonyl (C=O) groups excluding carboxylic acids is 1. The van der Waals surface area contributed by atoms with Crippen molar-refractivity contribution < 1.29 is 15.0 Å². The zero-order valence-corrected chi connectivity index (χ0v) is 12.7. The minimum atomic E-state index is -1.60. The maximum Gasteiger partial charge on any atom is 0.280 e. The Balaban J connectivity index is 2.05. The average molecular weight is 311 g/mol. The van der Waals surface area contributed by atoms with E-state index in [1.807, 2.05) is 6.92 Å². The van der Waals surface area contributed by atoms with E-state index in [0.29, 0.717) is 17.7 Å². The maximum absolute atomic E-state index is 12.8. The Hall–Kier alpha value is -2.73. The fourth-order valence-electron chi connectivity index (χ4n) is 2.62. The molecule has 2 aromatic rings. The Bertz CT molecular complexity index is 761. The van der Waals surface area contributed by atoms with Crippen molar-refractivity contribution >= 4 is 11.6 Å². The van der Waals surface area contributed by atoms with Crippen molar-refractivity contribution in [2.24, 2.45) is 5.10 Å². The fourth-order valence-corrected chi connectivity index (χ4v) is 2.62. The predicted molar refractivity (Wildman–Crippen MR) is 84.8 cm³/mol. The lowest BCUT2D eigenvalue weighted by Crippen LogP contribution is -2.43. The summed E-state index contributed by atoms with van der Waals surface area (Å²) < 4.78 is 0. The molecule has 6 nitrogen and oxygen atoms in total. The number of hydrazone groups is 1. The van der Waals surface area contributed by atoms with Gasteiger partial charge in [0.1, 0.15) is 5.75 Å². The number of nitrogens with zero attached hydrogens (tertiary/aromatic N) is 3. The summed E-state index contributed by atoms with van der Waals surface area (Å²) in [4.78, 5) is 16.8. The summed E-state index contributed by atoms with van der Waals surface area (Å²) in [5, 5.41) is 26.3. The number of aromatic hydroxyl groups is 1. The van der Waals surface area contributed by atoms with Gasteiger partial charge in [0.05, 0.1) is 5.56 Å². The molecule has 1 aliphatic heterocycles. The van der Waals surface area contributed by atoms with Gasteiger partial charge in [0.2, 0.25) is 0 Å². The molecule has 0 unspecified atom stereocenters. The molecule has 0 bridgehead atoms. The van der Waals surface area contributed by atoms with Crippen molar-refractivity contribution in [2.45, 2.75) is 25.5 Å². The van der Waals surface area contributed by atoms with Crippen LogP contribution in [-0.4, -0.2) is 31.8 Å². The molecule has 6 heteroatoms. The van der Waals surface area contributed by atoms with Crippen LogP contribution in [0.25, 0.3) is 0 Å². The van der Waals surface area contributed by atoms with Crippen LogP contribution in [0.3, 0.4) is 0 Å². The van der Waals surface area contributed by atoms with Crippen molar-refractivity contribution in [2.75, 3.05) is 0 Å². The van der Waals surface area contributed by atoms with E-state index in [9.17, 15) is 15.0 Å². The molecule has 0 aliphatic carbocycles. The van der Waals surface area contributed by atoms with Crippen LogP contribution >= 0.6 is 0 Å². The Morgan fingerprint density at radius 2 is 2.09 bits per heavy atom. The molecule has 1 aliphatic rings. The van der Waals surface area contributed by atoms with E-state index in [1.54, 1.807) is 30.5 Å². The number of hydrogen-bond donors (Lipinski definition) is 2. The molecule has 1 amide bonds. The third-order valence-electron chi connectivity index (χ3n) is 3.90. The second-order valence-electron chi connectivity index (χ2n) is 5.39. The number of hydrogen-bond acceptors (Lipinski definition) is 5. The van der Waals surface area contributed by atoms with Crippen LogP contribution in [0.5, 0.6) is 5.75 Å². The van der Waals surface area contributed by atoms with Gasteiger partial charge in [-0.15, -0.1) is 0 Å². The van der Waals surface area contributed by atoms with Crippen LogP contribution in [0.1, 0.15) is 35.7 Å². The summed E-state index contributed by atoms with van der Waals surface area (Å²) in [5.41, 5.74) is -0.314. The molecule has 2 N–H and O–H groups in total. The lowest BCUT2D eigenvalue weighted by molar-refractivity contribution is -0.0768. The minimum absolute atomic E-state index is 0.0934. The smallest absolute Gasteiger partial charge is 0.280 e. The molecule has 2 heterocycles. The number of amides is 1. The number of rotatable bonds is 3. The molecule has 0 fully saturated rings. The molecular weight excluding hydrogens is 294 g/mol. The number of benzene rings is 1. The standard InChI is InChI=1S/C17H17N3O3/c1-2-13-10-17(23,12-6-5-9-18-11-12)20(19-13)16(22)14-7-3-4-8-15(14)21/h3-9,11,21,23H,2,10H2,1H3/t17-/m0/s1. The van der Waals surface area contributed by atoms with E-state index in [2.05, 4.69) is 10.1 Å². The van der Waals surface area contributed by atoms with Crippen molar-refractivity contribution in [3.8, 4) is 5.75 Å². The largest absolute Gasteiger partial charge is 0.507 e. The van der Waals surface area contributed by atoms with Gasteiger partial charge in [0.25, 0.3) is 5.91 Å². The normalized spacial score (nSPS) is 20.4. The highest BCUT2D eigenvalue weighted by Crippen LogP contribution is 2.37. The number of phenolic OH excluding ortho intramolecular Hbond substituents is 1. The van der Waals surface area contributed by atoms with E-state index in [0.717, 1.165) is 5.01 Å². The van der Waals surface area contributed by atoms with Gasteiger partial charge in [-0.3, -0.25) is 9.78 Å². The zero-order chi connectivity index (χ0) is 16.4. The van der Waals surface area contributed by atoms with Gasteiger partial charge in [-0.2, -0.15) is 10.1 Å². The number of para-hydroxylation sites is 1. The lowest BCUT2D eigenvalue weighted by atomic mass is 9.97. The number of aliphatic hydroxyl groups is 1. The van der Waals surface area contributed by atoms with Crippen LogP contribution in [0.4, 0.5) is 0 Å². The van der Waals surface area contributed by atoms with Crippen LogP contribution in [0, 0.1) is 0 Å². The minimum Gasteiger partial charge on any atom is -0.507 e. The van der Waals surface area contributed by atoms with E-state index < -0.39 is 11.6 Å². The van der Waals surface area contributed by atoms with Gasteiger partial charge < -0.3 is 10.2 Å². The number of aromatic nitrogens is 1. The summed E-state index contributed by atoms with van der Waals surface area (Å²) in [6.07, 6.45) is 3.94. The third kappa shape index (κ3) is 2.57. The second-order valence-corrected chi connectivity index (χ2v) is 5.39. The van der Waals surface area contributed by atoms with Gasteiger partial charge in [0, 0.05) is 30.1 Å². The van der Waals surface area contributed by atoms with Gasteiger partial charge >= 0.3 is 0 Å². The summed E-state index contributed by atoms with van der Waals surface area (Å²) in [7, 11) is 0. The van der Waals surface area contributed by atoms with Crippen molar-refractivity contribution in [1.82, 2.24) is 9.99 Å². The van der Waals surface area contributed by atoms with E-state index >= 15 is 0 Å². The summed E-state index contributed by atoms with van der Waals surface area (Å²) >= 11 is 0. The number of phenols is 1. The molecule has 0 radical (unpaired) electrons. The van der Waals surface area contributed by atoms with Gasteiger partial charge in [0.15, 0.2) is 5.72 Å². The third-order valence-corrected chi connectivity index (χ3v) is 3.90. The first kappa shape index (κ1) is 15.2. The van der Waals surface area contributed by atoms with Gasteiger partial charge in [-0.25, -0.2) is 0 Å². The zero-order valence-electron chi connectivity index (χ0n) is 12.7. The van der Waals surface area contributed by atoms with Gasteiger partial charge in [-0.05, 0) is 24.6 Å². The summed E-state index contributed by atoms with van der Waals surface area (Å²) in [5.74, 6) is -0.705. The molecule has 23 heavy (non-hydrogen) atoms. The lowest BCUT2D eigenvalue weighted by Gasteiger charge is -2.31. The van der Waals surface area contributed by atoms with Crippen molar-refractivity contribution in [3.63, 3.8) is 0 Å². The molecule has 0 spiro atoms. The Kier molecular flexibility index (Phi) is 3.83. The fraction of sp³-hybridized carbons (Fsp3) is 0.235. The topological polar surface area (TPSA) is 86.0 Å². The van der Waals surface area contributed by atoms with Crippen LogP contribution in [0.15, 0.2) is 53.9 Å². The van der Waals surface area contributed by atoms with Gasteiger partial charge in [-0.1, -0.05) is 25.1 Å². The highest BCUT2D eigenvalue weighted by molar-refractivity contribution is 6.00. The Labute approximate surface area is 133 Å². The first-order valence-corrected chi connectivity index (χ1v) is 7.38. The first-order valence-electron chi connectivity index (χ1n) is 7.38. The average Bonchev–Trinajstić information content (AvgIpc) is 2.94. The first-order chi connectivity index (χ1) is 11.1. The highest BCUT2D eigenvalue weighted by Gasteiger charge is 2.46. The van der Waals surface area contributed by atoms with E-state index in [4.69, 9.17) is 0 Å². The second kappa shape index (κ2) is 5.81. The van der Waals surface area contributed by atoms with Crippen molar-refractivity contribution in [1.29, 1.82) is 0 Å². The molecule has 118 valence electrons. The van der Waals surface area contributed by atoms with Crippen LogP contribution in [0.2, 0.25) is 0 Å². The quantitative estimate of drug-likeness (QED) is 0.910. The predicted octanol–water partition coefficient (Wildman–Crippen LogP) is 2.24. The molecule has 0 saturated heterocycles. The molecule has 1 atom stereocenters. The molecular formula is C17H17N3O3. The molecule has 0 saturated carbocycles. The summed E-state index contributed by atoms with van der Waals surface area (Å²) in [6, 6.07) is 9.60. The molecule has 1 aromatic heterocycles. The van der Waals surface area contributed by atoms with E-state index in [-0.39, 0.29) is 17.7 Å². The molecule has 3 rings (SSSR count). The molecule has 1 aromatic carbocycles. The monoisotopic (exact) mass is 311 g/mol. The highest BCUT2D eigenvalue weighted by atomic mass is 16.3. The maximum atomic E-state index is 12.8. The number of carbonyl (C=O) groups is 1. The van der Waals surface area contributed by atoms with E-state index in [1.165, 1.54) is 18.3 Å². The van der Waals surface area contributed by atoms with Crippen molar-refractivity contribution in [3.05, 3.63) is 59.9 Å². The summed E-state index contributed by atoms with van der Waals surface area (Å²) in [6.45, 7) is 1.91.